The Morgan fingerprint density at radius 2 is 1.73 bits per heavy atom. The van der Waals surface area contributed by atoms with E-state index in [1.807, 2.05) is 37.3 Å². The van der Waals surface area contributed by atoms with Crippen LogP contribution in [0.25, 0.3) is 0 Å². The summed E-state index contributed by atoms with van der Waals surface area (Å²) < 4.78 is 10.4. The van der Waals surface area contributed by atoms with Crippen molar-refractivity contribution in [3.8, 4) is 5.75 Å². The molecule has 0 bridgehead atoms. The average Bonchev–Trinajstić information content (AvgIpc) is 2.64. The summed E-state index contributed by atoms with van der Waals surface area (Å²) in [5.74, 6) is -0.0276. The molecule has 136 valence electrons. The van der Waals surface area contributed by atoms with Crippen LogP contribution in [0.15, 0.2) is 72.4 Å². The van der Waals surface area contributed by atoms with E-state index in [0.717, 1.165) is 11.3 Å². The number of methoxy groups -OCH3 is 1. The smallest absolute Gasteiger partial charge is 0.328 e. The Morgan fingerprint density at radius 1 is 1.04 bits per heavy atom. The summed E-state index contributed by atoms with van der Waals surface area (Å²) in [6.07, 6.45) is 12.9. The van der Waals surface area contributed by atoms with Gasteiger partial charge in [-0.25, -0.2) is 4.79 Å². The van der Waals surface area contributed by atoms with Gasteiger partial charge in [0, 0.05) is 5.57 Å². The molecule has 0 aliphatic heterocycles. The van der Waals surface area contributed by atoms with Gasteiger partial charge in [0.05, 0.1) is 7.11 Å². The molecule has 2 rings (SSSR count). The minimum absolute atomic E-state index is 0.144. The molecule has 1 aliphatic carbocycles. The van der Waals surface area contributed by atoms with Crippen molar-refractivity contribution < 1.29 is 19.1 Å². The minimum Gasteiger partial charge on any atom is -0.497 e. The Balaban J connectivity index is 1.91. The van der Waals surface area contributed by atoms with Crippen molar-refractivity contribution >= 4 is 11.9 Å². The number of benzene rings is 1. The zero-order valence-electron chi connectivity index (χ0n) is 15.0. The first-order chi connectivity index (χ1) is 12.6. The molecule has 1 aliphatic rings. The van der Waals surface area contributed by atoms with Gasteiger partial charge in [0.2, 0.25) is 0 Å². The number of nitrogens with one attached hydrogen (secondary N) is 1. The van der Waals surface area contributed by atoms with Crippen molar-refractivity contribution in [1.82, 2.24) is 5.32 Å². The van der Waals surface area contributed by atoms with Gasteiger partial charge in [-0.15, -0.1) is 0 Å². The first-order valence-electron chi connectivity index (χ1n) is 8.46. The van der Waals surface area contributed by atoms with Crippen LogP contribution < -0.4 is 10.1 Å². The second-order valence-corrected chi connectivity index (χ2v) is 5.64. The maximum atomic E-state index is 12.4. The van der Waals surface area contributed by atoms with Gasteiger partial charge in [-0.1, -0.05) is 49.4 Å². The lowest BCUT2D eigenvalue weighted by Crippen LogP contribution is -2.41. The number of allylic oxidation sites excluding steroid dienone is 6. The Bertz CT molecular complexity index is 742. The highest BCUT2D eigenvalue weighted by molar-refractivity contribution is 5.98. The van der Waals surface area contributed by atoms with Crippen molar-refractivity contribution in [2.24, 2.45) is 0 Å². The molecule has 0 heterocycles. The van der Waals surface area contributed by atoms with Gasteiger partial charge < -0.3 is 14.8 Å². The molecular formula is C21H23NO4. The van der Waals surface area contributed by atoms with Gasteiger partial charge >= 0.3 is 5.97 Å². The monoisotopic (exact) mass is 353 g/mol. The molecule has 0 saturated heterocycles. The molecule has 0 aromatic heterocycles. The summed E-state index contributed by atoms with van der Waals surface area (Å²) in [5.41, 5.74) is 1.33. The average molecular weight is 353 g/mol. The van der Waals surface area contributed by atoms with E-state index in [4.69, 9.17) is 9.47 Å². The molecule has 0 spiro atoms. The Labute approximate surface area is 153 Å². The molecule has 1 atom stereocenters. The highest BCUT2D eigenvalue weighted by Crippen LogP contribution is 2.12. The van der Waals surface area contributed by atoms with Gasteiger partial charge in [0.15, 0.2) is 0 Å². The summed E-state index contributed by atoms with van der Waals surface area (Å²) in [6.45, 7) is 1.97. The van der Waals surface area contributed by atoms with Gasteiger partial charge in [-0.05, 0) is 36.3 Å². The fraction of sp³-hybridized carbons (Fsp3) is 0.238. The predicted octanol–water partition coefficient (Wildman–Crippen LogP) is 3.24. The summed E-state index contributed by atoms with van der Waals surface area (Å²) in [7, 11) is 1.59. The van der Waals surface area contributed by atoms with Crippen molar-refractivity contribution in [2.75, 3.05) is 7.11 Å². The summed E-state index contributed by atoms with van der Waals surface area (Å²) in [5, 5.41) is 2.73. The number of carbonyl (C=O) groups is 2. The lowest BCUT2D eigenvalue weighted by molar-refractivity contribution is -0.148. The van der Waals surface area contributed by atoms with Crippen molar-refractivity contribution in [3.63, 3.8) is 0 Å². The summed E-state index contributed by atoms with van der Waals surface area (Å²) in [6, 6.07) is 6.57. The Morgan fingerprint density at radius 3 is 2.42 bits per heavy atom. The molecular weight excluding hydrogens is 330 g/mol. The third-order valence-corrected chi connectivity index (χ3v) is 3.80. The van der Waals surface area contributed by atoms with Crippen molar-refractivity contribution in [2.45, 2.75) is 26.0 Å². The number of hydrogen-bond acceptors (Lipinski definition) is 4. The van der Waals surface area contributed by atoms with Gasteiger partial charge in [-0.3, -0.25) is 4.79 Å². The van der Waals surface area contributed by atoms with E-state index in [-0.39, 0.29) is 12.5 Å². The maximum absolute atomic E-state index is 12.4. The molecule has 5 nitrogen and oxygen atoms in total. The van der Waals surface area contributed by atoms with Crippen LogP contribution in [0.2, 0.25) is 0 Å². The first-order valence-corrected chi connectivity index (χ1v) is 8.46. The van der Waals surface area contributed by atoms with E-state index in [0.29, 0.717) is 12.0 Å². The number of ether oxygens (including phenoxy) is 2. The molecule has 5 heteroatoms. The molecule has 0 saturated carbocycles. The number of rotatable bonds is 7. The van der Waals surface area contributed by atoms with Crippen molar-refractivity contribution in [1.29, 1.82) is 0 Å². The predicted molar refractivity (Wildman–Crippen MR) is 101 cm³/mol. The van der Waals surface area contributed by atoms with Crippen LogP contribution in [0, 0.1) is 0 Å². The van der Waals surface area contributed by atoms with E-state index < -0.39 is 12.0 Å². The Kier molecular flexibility index (Phi) is 7.43. The van der Waals surface area contributed by atoms with Crippen molar-refractivity contribution in [3.05, 3.63) is 77.9 Å². The Hall–Kier alpha value is -3.08. The van der Waals surface area contributed by atoms with Gasteiger partial charge in [-0.2, -0.15) is 0 Å². The summed E-state index contributed by atoms with van der Waals surface area (Å²) in [4.78, 5) is 24.7. The molecule has 0 radical (unpaired) electrons. The van der Waals surface area contributed by atoms with E-state index in [1.165, 1.54) is 0 Å². The van der Waals surface area contributed by atoms with Crippen LogP contribution in [-0.2, 0) is 20.9 Å². The fourth-order valence-electron chi connectivity index (χ4n) is 2.26. The summed E-state index contributed by atoms with van der Waals surface area (Å²) >= 11 is 0. The largest absolute Gasteiger partial charge is 0.497 e. The van der Waals surface area contributed by atoms with Crippen LogP contribution in [-0.4, -0.2) is 25.0 Å². The molecule has 1 aromatic rings. The minimum atomic E-state index is -0.694. The van der Waals surface area contributed by atoms with Gasteiger partial charge in [0.25, 0.3) is 5.91 Å². The number of hydrogen-bond donors (Lipinski definition) is 1. The second-order valence-electron chi connectivity index (χ2n) is 5.64. The topological polar surface area (TPSA) is 64.6 Å². The standard InChI is InChI=1S/C21H23NO4/c1-3-19(22-20(23)17-9-7-5-4-6-8-10-17)21(24)26-15-16-11-13-18(25-2)14-12-16/h4-14,19H,3,15H2,1-2H3,(H,22,23). The lowest BCUT2D eigenvalue weighted by Gasteiger charge is -2.16. The third kappa shape index (κ3) is 5.77. The first kappa shape index (κ1) is 19.2. The molecule has 1 unspecified atom stereocenters. The van der Waals surface area contributed by atoms with Crippen LogP contribution in [0.3, 0.4) is 0 Å². The number of amides is 1. The van der Waals surface area contributed by atoms with Crippen LogP contribution >= 0.6 is 0 Å². The molecule has 0 fully saturated rings. The van der Waals surface area contributed by atoms with Crippen LogP contribution in [0.5, 0.6) is 5.75 Å². The maximum Gasteiger partial charge on any atom is 0.328 e. The third-order valence-electron chi connectivity index (χ3n) is 3.80. The molecule has 1 aromatic carbocycles. The fourth-order valence-corrected chi connectivity index (χ4v) is 2.26. The zero-order chi connectivity index (χ0) is 18.8. The lowest BCUT2D eigenvalue weighted by atomic mass is 10.1. The highest BCUT2D eigenvalue weighted by atomic mass is 16.5. The second kappa shape index (κ2) is 10.0. The molecule has 1 N–H and O–H groups in total. The van der Waals surface area contributed by atoms with E-state index in [9.17, 15) is 9.59 Å². The van der Waals surface area contributed by atoms with E-state index in [1.54, 1.807) is 43.5 Å². The van der Waals surface area contributed by atoms with Gasteiger partial charge in [0.1, 0.15) is 18.4 Å². The number of esters is 1. The van der Waals surface area contributed by atoms with E-state index in [2.05, 4.69) is 5.32 Å². The normalized spacial score (nSPS) is 14.0. The number of carbonyl (C=O) groups excluding carboxylic acids is 2. The van der Waals surface area contributed by atoms with Crippen LogP contribution in [0.4, 0.5) is 0 Å². The highest BCUT2D eigenvalue weighted by Gasteiger charge is 2.21. The quantitative estimate of drug-likeness (QED) is 0.765. The zero-order valence-corrected chi connectivity index (χ0v) is 15.0. The van der Waals surface area contributed by atoms with Crippen LogP contribution in [0.1, 0.15) is 18.9 Å². The molecule has 26 heavy (non-hydrogen) atoms. The van der Waals surface area contributed by atoms with E-state index >= 15 is 0 Å². The molecule has 1 amide bonds. The SMILES string of the molecule is CCC(NC(=O)C1=CC=CC=CC=C1)C(=O)OCc1ccc(OC)cc1.